The SMILES string of the molecule is O[C@@H]1CCCN(CCOc2ccccc2F)C1. The summed E-state index contributed by atoms with van der Waals surface area (Å²) in [5.41, 5.74) is 0. The number of hydrogen-bond acceptors (Lipinski definition) is 3. The number of likely N-dealkylation sites (tertiary alicyclic amines) is 1. The van der Waals surface area contributed by atoms with Crippen LogP contribution in [0, 0.1) is 5.82 Å². The third kappa shape index (κ3) is 3.68. The molecular weight excluding hydrogens is 221 g/mol. The van der Waals surface area contributed by atoms with Crippen LogP contribution in [0.25, 0.3) is 0 Å². The zero-order chi connectivity index (χ0) is 12.1. The summed E-state index contributed by atoms with van der Waals surface area (Å²) in [6.45, 7) is 2.86. The van der Waals surface area contributed by atoms with Crippen LogP contribution in [0.2, 0.25) is 0 Å². The van der Waals surface area contributed by atoms with Gasteiger partial charge >= 0.3 is 0 Å². The van der Waals surface area contributed by atoms with E-state index in [0.29, 0.717) is 18.9 Å². The maximum atomic E-state index is 13.2. The second-order valence-electron chi connectivity index (χ2n) is 4.38. The van der Waals surface area contributed by atoms with E-state index in [9.17, 15) is 9.50 Å². The first kappa shape index (κ1) is 12.3. The number of rotatable bonds is 4. The van der Waals surface area contributed by atoms with Gasteiger partial charge in [0.15, 0.2) is 11.6 Å². The molecule has 1 saturated heterocycles. The highest BCUT2D eigenvalue weighted by atomic mass is 19.1. The molecular formula is C13H18FNO2. The van der Waals surface area contributed by atoms with Crippen molar-refractivity contribution in [2.24, 2.45) is 0 Å². The van der Waals surface area contributed by atoms with Gasteiger partial charge in [0.05, 0.1) is 6.10 Å². The maximum absolute atomic E-state index is 13.2. The van der Waals surface area contributed by atoms with Crippen molar-refractivity contribution in [1.82, 2.24) is 4.90 Å². The smallest absolute Gasteiger partial charge is 0.165 e. The molecule has 0 unspecified atom stereocenters. The summed E-state index contributed by atoms with van der Waals surface area (Å²) in [6, 6.07) is 6.41. The minimum atomic E-state index is -0.328. The Labute approximate surface area is 101 Å². The molecule has 0 bridgehead atoms. The molecule has 1 aromatic carbocycles. The molecule has 1 aliphatic rings. The number of nitrogens with zero attached hydrogens (tertiary/aromatic N) is 1. The second kappa shape index (κ2) is 5.98. The van der Waals surface area contributed by atoms with Gasteiger partial charge in [0.1, 0.15) is 6.61 Å². The lowest BCUT2D eigenvalue weighted by Gasteiger charge is -2.29. The summed E-state index contributed by atoms with van der Waals surface area (Å²) in [7, 11) is 0. The van der Waals surface area contributed by atoms with Crippen LogP contribution < -0.4 is 4.74 Å². The molecule has 1 atom stereocenters. The van der Waals surface area contributed by atoms with E-state index in [4.69, 9.17) is 4.74 Å². The van der Waals surface area contributed by atoms with Crippen molar-refractivity contribution in [2.75, 3.05) is 26.2 Å². The number of para-hydroxylation sites is 1. The van der Waals surface area contributed by atoms with Gasteiger partial charge in [-0.15, -0.1) is 0 Å². The fourth-order valence-corrected chi connectivity index (χ4v) is 2.08. The Balaban J connectivity index is 1.74. The van der Waals surface area contributed by atoms with Crippen LogP contribution in [0.1, 0.15) is 12.8 Å². The fourth-order valence-electron chi connectivity index (χ4n) is 2.08. The molecule has 94 valence electrons. The maximum Gasteiger partial charge on any atom is 0.165 e. The first-order valence-corrected chi connectivity index (χ1v) is 6.03. The first-order chi connectivity index (χ1) is 8.25. The second-order valence-corrected chi connectivity index (χ2v) is 4.38. The third-order valence-corrected chi connectivity index (χ3v) is 2.98. The van der Waals surface area contributed by atoms with Crippen LogP contribution >= 0.6 is 0 Å². The monoisotopic (exact) mass is 239 g/mol. The molecule has 2 rings (SSSR count). The van der Waals surface area contributed by atoms with Gasteiger partial charge in [-0.3, -0.25) is 4.90 Å². The summed E-state index contributed by atoms with van der Waals surface area (Å²) < 4.78 is 18.6. The van der Waals surface area contributed by atoms with Crippen LogP contribution in [0.5, 0.6) is 5.75 Å². The predicted octanol–water partition coefficient (Wildman–Crippen LogP) is 1.66. The zero-order valence-corrected chi connectivity index (χ0v) is 9.81. The molecule has 0 saturated carbocycles. The molecule has 17 heavy (non-hydrogen) atoms. The van der Waals surface area contributed by atoms with E-state index < -0.39 is 0 Å². The number of ether oxygens (including phenoxy) is 1. The molecule has 1 aromatic rings. The van der Waals surface area contributed by atoms with E-state index in [1.54, 1.807) is 18.2 Å². The van der Waals surface area contributed by atoms with Gasteiger partial charge in [-0.05, 0) is 31.5 Å². The largest absolute Gasteiger partial charge is 0.489 e. The average Bonchev–Trinajstić information content (AvgIpc) is 2.32. The van der Waals surface area contributed by atoms with Crippen LogP contribution in [0.3, 0.4) is 0 Å². The van der Waals surface area contributed by atoms with E-state index in [0.717, 1.165) is 25.9 Å². The topological polar surface area (TPSA) is 32.7 Å². The number of hydrogen-bond donors (Lipinski definition) is 1. The molecule has 4 heteroatoms. The summed E-state index contributed by atoms with van der Waals surface area (Å²) in [5, 5.41) is 9.50. The lowest BCUT2D eigenvalue weighted by atomic mass is 10.1. The van der Waals surface area contributed by atoms with Crippen molar-refractivity contribution in [1.29, 1.82) is 0 Å². The van der Waals surface area contributed by atoms with Crippen LogP contribution in [0.15, 0.2) is 24.3 Å². The Hall–Kier alpha value is -1.13. The first-order valence-electron chi connectivity index (χ1n) is 6.03. The van der Waals surface area contributed by atoms with Crippen LogP contribution in [-0.2, 0) is 0 Å². The van der Waals surface area contributed by atoms with E-state index in [2.05, 4.69) is 4.90 Å². The molecule has 1 N–H and O–H groups in total. The summed E-state index contributed by atoms with van der Waals surface area (Å²) in [6.07, 6.45) is 1.67. The summed E-state index contributed by atoms with van der Waals surface area (Å²) >= 11 is 0. The molecule has 0 aromatic heterocycles. The van der Waals surface area contributed by atoms with E-state index in [1.807, 2.05) is 0 Å². The number of aliphatic hydroxyl groups is 1. The molecule has 0 aliphatic carbocycles. The quantitative estimate of drug-likeness (QED) is 0.867. The fraction of sp³-hybridized carbons (Fsp3) is 0.538. The lowest BCUT2D eigenvalue weighted by molar-refractivity contribution is 0.0629. The van der Waals surface area contributed by atoms with Gasteiger partial charge in [0.2, 0.25) is 0 Å². The Morgan fingerprint density at radius 1 is 1.41 bits per heavy atom. The van der Waals surface area contributed by atoms with Crippen molar-refractivity contribution >= 4 is 0 Å². The highest BCUT2D eigenvalue weighted by molar-refractivity contribution is 5.23. The normalized spacial score (nSPS) is 21.4. The van der Waals surface area contributed by atoms with Gasteiger partial charge < -0.3 is 9.84 Å². The molecule has 1 aliphatic heterocycles. The standard InChI is InChI=1S/C13H18FNO2/c14-12-5-1-2-6-13(12)17-9-8-15-7-3-4-11(16)10-15/h1-2,5-6,11,16H,3-4,7-10H2/t11-/m1/s1. The third-order valence-electron chi connectivity index (χ3n) is 2.98. The number of piperidine rings is 1. The van der Waals surface area contributed by atoms with Crippen molar-refractivity contribution in [2.45, 2.75) is 18.9 Å². The van der Waals surface area contributed by atoms with Crippen molar-refractivity contribution < 1.29 is 14.2 Å². The van der Waals surface area contributed by atoms with Crippen molar-refractivity contribution in [3.63, 3.8) is 0 Å². The molecule has 0 amide bonds. The van der Waals surface area contributed by atoms with Crippen LogP contribution in [-0.4, -0.2) is 42.4 Å². The number of halogens is 1. The predicted molar refractivity (Wildman–Crippen MR) is 63.6 cm³/mol. The summed E-state index contributed by atoms with van der Waals surface area (Å²) in [4.78, 5) is 2.15. The summed E-state index contributed by atoms with van der Waals surface area (Å²) in [5.74, 6) is -0.0313. The molecule has 0 radical (unpaired) electrons. The van der Waals surface area contributed by atoms with Gasteiger partial charge in [0.25, 0.3) is 0 Å². The van der Waals surface area contributed by atoms with Crippen molar-refractivity contribution in [3.8, 4) is 5.75 Å². The Bertz CT molecular complexity index is 359. The Kier molecular flexibility index (Phi) is 4.34. The average molecular weight is 239 g/mol. The number of aliphatic hydroxyl groups excluding tert-OH is 1. The van der Waals surface area contributed by atoms with Gasteiger partial charge in [-0.25, -0.2) is 4.39 Å². The van der Waals surface area contributed by atoms with Gasteiger partial charge in [0, 0.05) is 13.1 Å². The zero-order valence-electron chi connectivity index (χ0n) is 9.81. The minimum Gasteiger partial charge on any atom is -0.489 e. The molecule has 1 heterocycles. The number of β-amino-alcohol motifs (C(OH)–C–C–N with tert-alkyl or cyclic N) is 1. The van der Waals surface area contributed by atoms with E-state index in [-0.39, 0.29) is 11.9 Å². The molecule has 1 fully saturated rings. The van der Waals surface area contributed by atoms with E-state index in [1.165, 1.54) is 6.07 Å². The Morgan fingerprint density at radius 3 is 3.00 bits per heavy atom. The van der Waals surface area contributed by atoms with E-state index >= 15 is 0 Å². The minimum absolute atomic E-state index is 0.225. The Morgan fingerprint density at radius 2 is 2.24 bits per heavy atom. The van der Waals surface area contributed by atoms with Gasteiger partial charge in [-0.1, -0.05) is 12.1 Å². The highest BCUT2D eigenvalue weighted by Gasteiger charge is 2.17. The van der Waals surface area contributed by atoms with Crippen LogP contribution in [0.4, 0.5) is 4.39 Å². The molecule has 3 nitrogen and oxygen atoms in total. The number of benzene rings is 1. The molecule has 0 spiro atoms. The highest BCUT2D eigenvalue weighted by Crippen LogP contribution is 2.15. The lowest BCUT2D eigenvalue weighted by Crippen LogP contribution is -2.40. The van der Waals surface area contributed by atoms with Gasteiger partial charge in [-0.2, -0.15) is 0 Å². The van der Waals surface area contributed by atoms with Crippen molar-refractivity contribution in [3.05, 3.63) is 30.1 Å².